The number of pyridine rings is 1. The van der Waals surface area contributed by atoms with E-state index in [4.69, 9.17) is 4.98 Å². The Labute approximate surface area is 167 Å². The van der Waals surface area contributed by atoms with E-state index in [1.807, 2.05) is 12.1 Å². The molecule has 7 heteroatoms. The fourth-order valence-electron chi connectivity index (χ4n) is 3.86. The number of hydrogen-bond acceptors (Lipinski definition) is 5. The number of halogens is 1. The molecule has 0 saturated heterocycles. The summed E-state index contributed by atoms with van der Waals surface area (Å²) < 4.78 is 13.1. The highest BCUT2D eigenvalue weighted by Gasteiger charge is 2.47. The minimum absolute atomic E-state index is 0.204. The summed E-state index contributed by atoms with van der Waals surface area (Å²) in [6.07, 6.45) is 6.87. The molecular formula is C22H20FN5O. The maximum absolute atomic E-state index is 13.1. The van der Waals surface area contributed by atoms with Crippen molar-refractivity contribution in [3.63, 3.8) is 0 Å². The zero-order valence-corrected chi connectivity index (χ0v) is 15.8. The summed E-state index contributed by atoms with van der Waals surface area (Å²) in [6, 6.07) is 11.6. The highest BCUT2D eigenvalue weighted by atomic mass is 19.1. The topological polar surface area (TPSA) is 71.0 Å². The predicted molar refractivity (Wildman–Crippen MR) is 106 cm³/mol. The number of benzene rings is 1. The third-order valence-corrected chi connectivity index (χ3v) is 5.58. The quantitative estimate of drug-likeness (QED) is 0.739. The Morgan fingerprint density at radius 2 is 1.93 bits per heavy atom. The first kappa shape index (κ1) is 17.7. The molecule has 1 saturated carbocycles. The van der Waals surface area contributed by atoms with Gasteiger partial charge in [-0.05, 0) is 68.1 Å². The molecule has 1 amide bonds. The molecule has 3 aromatic rings. The van der Waals surface area contributed by atoms with Crippen molar-refractivity contribution in [1.82, 2.24) is 20.3 Å². The Morgan fingerprint density at radius 3 is 2.66 bits per heavy atom. The van der Waals surface area contributed by atoms with Gasteiger partial charge in [-0.1, -0.05) is 0 Å². The number of carbonyl (C=O) groups is 1. The third-order valence-electron chi connectivity index (χ3n) is 5.58. The van der Waals surface area contributed by atoms with E-state index in [0.29, 0.717) is 5.56 Å². The van der Waals surface area contributed by atoms with Crippen LogP contribution in [0.25, 0.3) is 0 Å². The lowest BCUT2D eigenvalue weighted by atomic mass is 10.0. The van der Waals surface area contributed by atoms with Gasteiger partial charge < -0.3 is 10.2 Å². The minimum atomic E-state index is -0.433. The summed E-state index contributed by atoms with van der Waals surface area (Å²) in [5, 5.41) is 3.11. The van der Waals surface area contributed by atoms with Crippen LogP contribution in [-0.2, 0) is 12.0 Å². The van der Waals surface area contributed by atoms with Gasteiger partial charge in [0.15, 0.2) is 0 Å². The Balaban J connectivity index is 1.41. The van der Waals surface area contributed by atoms with E-state index in [1.54, 1.807) is 12.5 Å². The van der Waals surface area contributed by atoms with E-state index in [2.05, 4.69) is 26.3 Å². The zero-order chi connectivity index (χ0) is 19.8. The van der Waals surface area contributed by atoms with E-state index in [9.17, 15) is 9.18 Å². The van der Waals surface area contributed by atoms with Gasteiger partial charge in [0.25, 0.3) is 5.91 Å². The first-order valence-electron chi connectivity index (χ1n) is 9.77. The van der Waals surface area contributed by atoms with E-state index in [0.717, 1.165) is 55.1 Å². The van der Waals surface area contributed by atoms with Gasteiger partial charge >= 0.3 is 0 Å². The van der Waals surface area contributed by atoms with Gasteiger partial charge in [-0.2, -0.15) is 0 Å². The van der Waals surface area contributed by atoms with E-state index < -0.39 is 5.54 Å². The molecule has 0 radical (unpaired) electrons. The Hall–Kier alpha value is -3.35. The van der Waals surface area contributed by atoms with Crippen LogP contribution in [0.2, 0.25) is 0 Å². The van der Waals surface area contributed by atoms with Crippen LogP contribution in [0.3, 0.4) is 0 Å². The fraction of sp³-hybridized carbons (Fsp3) is 0.273. The molecule has 3 heterocycles. The Bertz CT molecular complexity index is 1050. The number of rotatable bonds is 4. The number of nitrogens with one attached hydrogen (secondary N) is 1. The number of amides is 1. The molecule has 0 spiro atoms. The van der Waals surface area contributed by atoms with Crippen LogP contribution in [0.1, 0.15) is 41.0 Å². The standard InChI is InChI=1S/C22H20FN5O/c23-16-5-3-15(4-6-16)21(29)27-22(10-11-22)19-8-7-18-17(26-19)2-1-13-28(18)20-9-12-24-14-25-20/h3-9,12,14H,1-2,10-11,13H2,(H,27,29). The molecule has 146 valence electrons. The Kier molecular flexibility index (Phi) is 4.23. The first-order chi connectivity index (χ1) is 14.1. The second-order valence-electron chi connectivity index (χ2n) is 7.53. The average Bonchev–Trinajstić information content (AvgIpc) is 3.54. The highest BCUT2D eigenvalue weighted by Crippen LogP contribution is 2.46. The summed E-state index contributed by atoms with van der Waals surface area (Å²) in [4.78, 5) is 28.1. The van der Waals surface area contributed by atoms with Crippen LogP contribution in [0, 0.1) is 5.82 Å². The lowest BCUT2D eigenvalue weighted by Crippen LogP contribution is -2.36. The van der Waals surface area contributed by atoms with Gasteiger partial charge in [0.05, 0.1) is 22.6 Å². The van der Waals surface area contributed by atoms with Crippen molar-refractivity contribution >= 4 is 17.4 Å². The minimum Gasteiger partial charge on any atom is -0.341 e. The lowest BCUT2D eigenvalue weighted by Gasteiger charge is -2.30. The number of nitrogens with zero attached hydrogens (tertiary/aromatic N) is 4. The first-order valence-corrected chi connectivity index (χ1v) is 9.77. The van der Waals surface area contributed by atoms with E-state index >= 15 is 0 Å². The average molecular weight is 389 g/mol. The van der Waals surface area contributed by atoms with Crippen molar-refractivity contribution in [3.8, 4) is 0 Å². The molecule has 0 atom stereocenters. The molecule has 1 aliphatic carbocycles. The predicted octanol–water partition coefficient (Wildman–Crippen LogP) is 3.51. The van der Waals surface area contributed by atoms with Crippen LogP contribution in [0.5, 0.6) is 0 Å². The van der Waals surface area contributed by atoms with Crippen molar-refractivity contribution in [2.75, 3.05) is 11.4 Å². The summed E-state index contributed by atoms with van der Waals surface area (Å²) in [5.74, 6) is 0.304. The number of fused-ring (bicyclic) bond motifs is 1. The van der Waals surface area contributed by atoms with Gasteiger partial charge in [0, 0.05) is 18.3 Å². The number of hydrogen-bond donors (Lipinski definition) is 1. The lowest BCUT2D eigenvalue weighted by molar-refractivity contribution is 0.0929. The molecule has 2 aromatic heterocycles. The molecule has 0 bridgehead atoms. The number of carbonyl (C=O) groups excluding carboxylic acids is 1. The maximum atomic E-state index is 13.1. The highest BCUT2D eigenvalue weighted by molar-refractivity contribution is 5.95. The molecule has 1 aromatic carbocycles. The normalized spacial score (nSPS) is 16.8. The summed E-state index contributed by atoms with van der Waals surface area (Å²) in [5.41, 5.74) is 2.98. The molecule has 1 N–H and O–H groups in total. The summed E-state index contributed by atoms with van der Waals surface area (Å²) >= 11 is 0. The number of anilines is 2. The molecule has 0 unspecified atom stereocenters. The molecule has 1 aliphatic heterocycles. The number of aryl methyl sites for hydroxylation is 1. The second-order valence-corrected chi connectivity index (χ2v) is 7.53. The fourth-order valence-corrected chi connectivity index (χ4v) is 3.86. The van der Waals surface area contributed by atoms with Gasteiger partial charge in [-0.25, -0.2) is 14.4 Å². The third kappa shape index (κ3) is 3.33. The van der Waals surface area contributed by atoms with Gasteiger partial charge in [-0.3, -0.25) is 9.78 Å². The van der Waals surface area contributed by atoms with Crippen LogP contribution < -0.4 is 10.2 Å². The molecule has 2 aliphatic rings. The van der Waals surface area contributed by atoms with Crippen molar-refractivity contribution in [2.24, 2.45) is 0 Å². The van der Waals surface area contributed by atoms with Crippen LogP contribution in [0.4, 0.5) is 15.9 Å². The van der Waals surface area contributed by atoms with Crippen molar-refractivity contribution in [2.45, 2.75) is 31.2 Å². The number of aromatic nitrogens is 3. The van der Waals surface area contributed by atoms with E-state index in [1.165, 1.54) is 24.3 Å². The van der Waals surface area contributed by atoms with Gasteiger partial charge in [0.1, 0.15) is 18.0 Å². The van der Waals surface area contributed by atoms with Gasteiger partial charge in [0.2, 0.25) is 0 Å². The largest absolute Gasteiger partial charge is 0.341 e. The van der Waals surface area contributed by atoms with Crippen molar-refractivity contribution in [1.29, 1.82) is 0 Å². The molecular weight excluding hydrogens is 369 g/mol. The van der Waals surface area contributed by atoms with Crippen LogP contribution in [0.15, 0.2) is 55.0 Å². The monoisotopic (exact) mass is 389 g/mol. The summed E-state index contributed by atoms with van der Waals surface area (Å²) in [7, 11) is 0. The Morgan fingerprint density at radius 1 is 1.10 bits per heavy atom. The zero-order valence-electron chi connectivity index (χ0n) is 15.8. The van der Waals surface area contributed by atoms with Crippen molar-refractivity contribution < 1.29 is 9.18 Å². The molecule has 29 heavy (non-hydrogen) atoms. The van der Waals surface area contributed by atoms with Gasteiger partial charge in [-0.15, -0.1) is 0 Å². The maximum Gasteiger partial charge on any atom is 0.252 e. The second kappa shape index (κ2) is 6.92. The van der Waals surface area contributed by atoms with Crippen LogP contribution in [-0.4, -0.2) is 27.4 Å². The van der Waals surface area contributed by atoms with Crippen LogP contribution >= 0.6 is 0 Å². The molecule has 1 fully saturated rings. The summed E-state index contributed by atoms with van der Waals surface area (Å²) in [6.45, 7) is 0.886. The smallest absolute Gasteiger partial charge is 0.252 e. The SMILES string of the molecule is O=C(NC1(c2ccc3c(n2)CCCN3c2ccncn2)CC1)c1ccc(F)cc1. The van der Waals surface area contributed by atoms with Crippen molar-refractivity contribution in [3.05, 3.63) is 77.8 Å². The molecule has 6 nitrogen and oxygen atoms in total. The molecule has 5 rings (SSSR count). The van der Waals surface area contributed by atoms with E-state index in [-0.39, 0.29) is 11.7 Å².